The van der Waals surface area contributed by atoms with Crippen molar-refractivity contribution in [2.75, 3.05) is 0 Å². The zero-order valence-electron chi connectivity index (χ0n) is 24.5. The number of halogens is 3. The summed E-state index contributed by atoms with van der Waals surface area (Å²) in [6.45, 7) is 21.3. The van der Waals surface area contributed by atoms with Crippen molar-refractivity contribution in [2.45, 2.75) is 74.5 Å². The molecule has 5 rings (SSSR count). The minimum absolute atomic E-state index is 0. The second-order valence-electron chi connectivity index (χ2n) is 12.1. The third-order valence-electron chi connectivity index (χ3n) is 8.97. The molecule has 2 atom stereocenters. The Morgan fingerprint density at radius 3 is 1.38 bits per heavy atom. The van der Waals surface area contributed by atoms with Gasteiger partial charge in [0, 0.05) is 0 Å². The molecule has 3 aromatic rings. The van der Waals surface area contributed by atoms with E-state index in [0.717, 1.165) is 5.02 Å². The zero-order valence-corrected chi connectivity index (χ0v) is 30.7. The van der Waals surface area contributed by atoms with Gasteiger partial charge in [-0.3, -0.25) is 0 Å². The van der Waals surface area contributed by atoms with Gasteiger partial charge in [0.25, 0.3) is 0 Å². The third kappa shape index (κ3) is 5.28. The van der Waals surface area contributed by atoms with Crippen molar-refractivity contribution in [1.82, 2.24) is 0 Å². The SMILES string of the molecule is CC1=Cc2c(C(C)C)ccc(C)c2[CH]1[Zr](=[SiH2])([c]1ccc(Cl)cc1)[CH]1C(C)=Cc2c(C(C)C)ccc(C)c21.Cl.Cl. The molecule has 207 valence electrons. The van der Waals surface area contributed by atoms with Crippen LogP contribution in [0.1, 0.15) is 105 Å². The van der Waals surface area contributed by atoms with E-state index in [1.165, 1.54) is 33.4 Å². The first-order valence-electron chi connectivity index (χ1n) is 13.7. The van der Waals surface area contributed by atoms with Crippen LogP contribution in [0.15, 0.2) is 59.7 Å². The number of fused-ring (bicyclic) bond motifs is 2. The monoisotopic (exact) mass is 673 g/mol. The van der Waals surface area contributed by atoms with E-state index in [1.54, 1.807) is 25.5 Å². The van der Waals surface area contributed by atoms with Gasteiger partial charge < -0.3 is 0 Å². The van der Waals surface area contributed by atoms with Gasteiger partial charge in [0.05, 0.1) is 0 Å². The van der Waals surface area contributed by atoms with Gasteiger partial charge in [-0.05, 0) is 0 Å². The summed E-state index contributed by atoms with van der Waals surface area (Å²) in [7, 11) is 0. The summed E-state index contributed by atoms with van der Waals surface area (Å²) >= 11 is 3.13. The molecule has 0 radical (unpaired) electrons. The molecule has 0 nitrogen and oxygen atoms in total. The van der Waals surface area contributed by atoms with Crippen molar-refractivity contribution < 1.29 is 18.9 Å². The van der Waals surface area contributed by atoms with E-state index < -0.39 is 18.9 Å². The number of allylic oxidation sites excluding steroid dienone is 2. The molecule has 2 aliphatic rings. The minimum atomic E-state index is -3.34. The average molecular weight is 676 g/mol. The van der Waals surface area contributed by atoms with Crippen molar-refractivity contribution in [3.63, 3.8) is 0 Å². The summed E-state index contributed by atoms with van der Waals surface area (Å²) in [6, 6.07) is 18.5. The summed E-state index contributed by atoms with van der Waals surface area (Å²) in [5.41, 5.74) is 15.3. The van der Waals surface area contributed by atoms with Gasteiger partial charge in [0.2, 0.25) is 0 Å². The Balaban J connectivity index is 0.00000210. The van der Waals surface area contributed by atoms with Gasteiger partial charge >= 0.3 is 236 Å². The van der Waals surface area contributed by atoms with Crippen molar-refractivity contribution in [2.24, 2.45) is 0 Å². The number of rotatable bonds is 5. The molecule has 3 aromatic carbocycles. The van der Waals surface area contributed by atoms with E-state index in [0.29, 0.717) is 19.1 Å². The molecule has 2 unspecified atom stereocenters. The van der Waals surface area contributed by atoms with Gasteiger partial charge in [-0.1, -0.05) is 0 Å². The van der Waals surface area contributed by atoms with E-state index in [4.69, 9.17) is 11.6 Å². The van der Waals surface area contributed by atoms with Gasteiger partial charge in [0.1, 0.15) is 0 Å². The molecule has 5 heteroatoms. The molecule has 0 heterocycles. The molecule has 0 aromatic heterocycles. The topological polar surface area (TPSA) is 0 Å². The molecule has 0 amide bonds. The van der Waals surface area contributed by atoms with Gasteiger partial charge in [0.15, 0.2) is 0 Å². The van der Waals surface area contributed by atoms with Crippen LogP contribution >= 0.6 is 36.4 Å². The summed E-state index contributed by atoms with van der Waals surface area (Å²) in [6.07, 6.45) is 5.09. The van der Waals surface area contributed by atoms with Crippen molar-refractivity contribution in [3.8, 4) is 0 Å². The van der Waals surface area contributed by atoms with Crippen LogP contribution in [0, 0.1) is 13.8 Å². The number of benzene rings is 3. The molecule has 0 saturated carbocycles. The van der Waals surface area contributed by atoms with Crippen molar-refractivity contribution in [1.29, 1.82) is 0 Å². The largest absolute Gasteiger partial charge is 0.147 e. The maximum absolute atomic E-state index is 6.47. The average Bonchev–Trinajstić information content (AvgIpc) is 3.37. The first-order chi connectivity index (χ1) is 17.5. The summed E-state index contributed by atoms with van der Waals surface area (Å²) in [5, 5.41) is 0.829. The fourth-order valence-electron chi connectivity index (χ4n) is 7.29. The van der Waals surface area contributed by atoms with Crippen LogP contribution in [0.25, 0.3) is 12.2 Å². The third-order valence-corrected chi connectivity index (χ3v) is 28.6. The second-order valence-corrected chi connectivity index (χ2v) is 28.8. The van der Waals surface area contributed by atoms with Crippen molar-refractivity contribution in [3.05, 3.63) is 109 Å². The van der Waals surface area contributed by atoms with Crippen LogP contribution < -0.4 is 3.27 Å². The molecule has 0 bridgehead atoms. The number of hydrogen-bond acceptors (Lipinski definition) is 0. The summed E-state index contributed by atoms with van der Waals surface area (Å²) < 4.78 is 2.59. The molecule has 2 aliphatic carbocycles. The molecule has 0 fully saturated rings. The Kier molecular flexibility index (Phi) is 10.2. The van der Waals surface area contributed by atoms with E-state index in [9.17, 15) is 0 Å². The Morgan fingerprint density at radius 2 is 1.03 bits per heavy atom. The smallest absolute Gasteiger partial charge is 0.147 e. The fraction of sp³-hybridized carbons (Fsp3) is 0.353. The molecular weight excluding hydrogens is 634 g/mol. The molecule has 39 heavy (non-hydrogen) atoms. The van der Waals surface area contributed by atoms with E-state index in [2.05, 4.69) is 123 Å². The Labute approximate surface area is 259 Å². The second kappa shape index (κ2) is 12.1. The van der Waals surface area contributed by atoms with E-state index in [-0.39, 0.29) is 24.8 Å². The summed E-state index contributed by atoms with van der Waals surface area (Å²) in [5.74, 6) is 1.03. The maximum Gasteiger partial charge on any atom is -0.147 e. The molecule has 0 N–H and O–H groups in total. The zero-order chi connectivity index (χ0) is 26.8. The molecule has 0 spiro atoms. The molecular formula is C34H42Cl3SiZr. The number of hydrogen-bond donors (Lipinski definition) is 0. The quantitative estimate of drug-likeness (QED) is 0.236. The standard InChI is InChI=1S/2C14H17.C6H4Cl.2ClH.H2Si.Zr/c2*1-9(2)12-6-5-11(4)13-7-10(3)8-14(12)13;7-6-4-2-1-3-5-6;;;;/h2*5-9H,1-4H3;2-5H;2*1H;1H2;. The van der Waals surface area contributed by atoms with Gasteiger partial charge in [-0.25, -0.2) is 0 Å². The normalized spacial score (nSPS) is 19.1. The minimum Gasteiger partial charge on any atom is -0.147 e. The Morgan fingerprint density at radius 1 is 0.641 bits per heavy atom. The maximum atomic E-state index is 6.47. The van der Waals surface area contributed by atoms with E-state index in [1.807, 2.05) is 0 Å². The van der Waals surface area contributed by atoms with Gasteiger partial charge in [-0.2, -0.15) is 0 Å². The molecule has 0 aliphatic heterocycles. The summed E-state index contributed by atoms with van der Waals surface area (Å²) in [4.78, 5) is 0. The van der Waals surface area contributed by atoms with Gasteiger partial charge in [-0.15, -0.1) is 24.8 Å². The van der Waals surface area contributed by atoms with Crippen LogP contribution in [0.5, 0.6) is 0 Å². The Hall–Kier alpha value is -0.890. The van der Waals surface area contributed by atoms with Crippen molar-refractivity contribution >= 4 is 58.7 Å². The molecule has 0 saturated heterocycles. The first-order valence-corrected chi connectivity index (χ1v) is 24.1. The Bertz CT molecular complexity index is 1420. The van der Waals surface area contributed by atoms with Crippen LogP contribution in [0.4, 0.5) is 0 Å². The number of aryl methyl sites for hydroxylation is 2. The van der Waals surface area contributed by atoms with Crippen LogP contribution in [0.3, 0.4) is 0 Å². The fourth-order valence-corrected chi connectivity index (χ4v) is 28.2. The predicted octanol–water partition coefficient (Wildman–Crippen LogP) is 9.69. The first kappa shape index (κ1) is 32.6. The van der Waals surface area contributed by atoms with Crippen LogP contribution in [-0.2, 0) is 18.9 Å². The van der Waals surface area contributed by atoms with Crippen LogP contribution in [0.2, 0.25) is 5.02 Å². The van der Waals surface area contributed by atoms with Crippen LogP contribution in [-0.4, -0.2) is 6.88 Å². The predicted molar refractivity (Wildman–Crippen MR) is 177 cm³/mol. The van der Waals surface area contributed by atoms with E-state index >= 15 is 0 Å².